The number of nitrogens with zero attached hydrogens (tertiary/aromatic N) is 2. The van der Waals surface area contributed by atoms with E-state index >= 15 is 0 Å². The van der Waals surface area contributed by atoms with Crippen molar-refractivity contribution in [2.75, 3.05) is 12.4 Å². The number of nitrogens with one attached hydrogen (secondary N) is 2. The predicted octanol–water partition coefficient (Wildman–Crippen LogP) is 6.09. The average molecular weight is 529 g/mol. The van der Waals surface area contributed by atoms with Crippen molar-refractivity contribution in [2.45, 2.75) is 18.7 Å². The number of ether oxygens (including phenoxy) is 2. The standard InChI is InChI=1S/C25H22Cl2N4O3S/c1-2-33-23-11-16(7-10-22(23)34-14-17-8-9-18(26)12-19(17)27)13-28-31-24(32)15-35-25-29-20-5-3-4-6-21(20)30-25/h3-13H,2,14-15H2,1H3,(H,29,30)(H,31,32)/b28-13+. The van der Waals surface area contributed by atoms with Gasteiger partial charge in [0.2, 0.25) is 0 Å². The van der Waals surface area contributed by atoms with Crippen LogP contribution in [-0.4, -0.2) is 34.4 Å². The molecule has 0 bridgehead atoms. The van der Waals surface area contributed by atoms with Crippen molar-refractivity contribution in [1.82, 2.24) is 15.4 Å². The maximum atomic E-state index is 12.2. The molecule has 0 saturated heterocycles. The van der Waals surface area contributed by atoms with Crippen LogP contribution in [0.4, 0.5) is 0 Å². The molecule has 1 aromatic heterocycles. The fraction of sp³-hybridized carbons (Fsp3) is 0.160. The summed E-state index contributed by atoms with van der Waals surface area (Å²) in [6.45, 7) is 2.62. The van der Waals surface area contributed by atoms with Crippen molar-refractivity contribution in [3.8, 4) is 11.5 Å². The summed E-state index contributed by atoms with van der Waals surface area (Å²) in [6.07, 6.45) is 1.55. The molecule has 1 heterocycles. The van der Waals surface area contributed by atoms with Crippen LogP contribution in [0, 0.1) is 0 Å². The maximum absolute atomic E-state index is 12.2. The monoisotopic (exact) mass is 528 g/mol. The van der Waals surface area contributed by atoms with E-state index in [1.165, 1.54) is 11.8 Å². The normalized spacial score (nSPS) is 11.2. The summed E-state index contributed by atoms with van der Waals surface area (Å²) >= 11 is 13.5. The maximum Gasteiger partial charge on any atom is 0.250 e. The molecule has 1 amide bonds. The highest BCUT2D eigenvalue weighted by Gasteiger charge is 2.09. The van der Waals surface area contributed by atoms with Gasteiger partial charge < -0.3 is 14.5 Å². The van der Waals surface area contributed by atoms with Crippen molar-refractivity contribution >= 4 is 58.1 Å². The molecule has 0 atom stereocenters. The topological polar surface area (TPSA) is 88.6 Å². The zero-order valence-electron chi connectivity index (χ0n) is 18.8. The Balaban J connectivity index is 1.32. The Morgan fingerprint density at radius 3 is 2.77 bits per heavy atom. The van der Waals surface area contributed by atoms with Gasteiger partial charge in [0.1, 0.15) is 6.61 Å². The van der Waals surface area contributed by atoms with E-state index in [-0.39, 0.29) is 18.3 Å². The molecule has 0 radical (unpaired) electrons. The molecule has 7 nitrogen and oxygen atoms in total. The molecule has 3 aromatic carbocycles. The van der Waals surface area contributed by atoms with Crippen molar-refractivity contribution in [3.63, 3.8) is 0 Å². The van der Waals surface area contributed by atoms with E-state index in [1.54, 1.807) is 30.5 Å². The van der Waals surface area contributed by atoms with Crippen LogP contribution in [0.15, 0.2) is 70.9 Å². The van der Waals surface area contributed by atoms with E-state index in [2.05, 4.69) is 20.5 Å². The number of aromatic nitrogens is 2. The number of para-hydroxylation sites is 2. The molecule has 4 rings (SSSR count). The van der Waals surface area contributed by atoms with Gasteiger partial charge in [-0.2, -0.15) is 5.10 Å². The van der Waals surface area contributed by atoms with Gasteiger partial charge in [-0.05, 0) is 55.0 Å². The Morgan fingerprint density at radius 1 is 1.11 bits per heavy atom. The van der Waals surface area contributed by atoms with Crippen LogP contribution < -0.4 is 14.9 Å². The van der Waals surface area contributed by atoms with Crippen LogP contribution in [0.5, 0.6) is 11.5 Å². The minimum atomic E-state index is -0.239. The zero-order chi connectivity index (χ0) is 24.6. The second-order valence-corrected chi connectivity index (χ2v) is 9.11. The second-order valence-electron chi connectivity index (χ2n) is 7.30. The molecule has 0 aliphatic heterocycles. The third-order valence-electron chi connectivity index (χ3n) is 4.78. The van der Waals surface area contributed by atoms with Crippen molar-refractivity contribution in [3.05, 3.63) is 81.8 Å². The molecule has 2 N–H and O–H groups in total. The number of hydrazone groups is 1. The number of hydrogen-bond donors (Lipinski definition) is 2. The Kier molecular flexibility index (Phi) is 8.52. The lowest BCUT2D eigenvalue weighted by molar-refractivity contribution is -0.118. The zero-order valence-corrected chi connectivity index (χ0v) is 21.1. The smallest absolute Gasteiger partial charge is 0.250 e. The third kappa shape index (κ3) is 6.91. The Hall–Kier alpha value is -3.20. The minimum absolute atomic E-state index is 0.182. The van der Waals surface area contributed by atoms with Gasteiger partial charge in [-0.3, -0.25) is 4.79 Å². The van der Waals surface area contributed by atoms with Gasteiger partial charge in [-0.1, -0.05) is 53.2 Å². The number of carbonyl (C=O) groups excluding carboxylic acids is 1. The SMILES string of the molecule is CCOc1cc(/C=N/NC(=O)CSc2nc3ccccc3[nH]2)ccc1OCc1ccc(Cl)cc1Cl. The van der Waals surface area contributed by atoms with E-state index in [0.717, 1.165) is 22.2 Å². The molecule has 10 heteroatoms. The van der Waals surface area contributed by atoms with E-state index in [9.17, 15) is 4.79 Å². The molecule has 0 spiro atoms. The Labute approximate surface area is 216 Å². The molecule has 0 aliphatic rings. The van der Waals surface area contributed by atoms with E-state index in [0.29, 0.717) is 33.3 Å². The summed E-state index contributed by atoms with van der Waals surface area (Å²) in [5.74, 6) is 1.08. The number of H-pyrrole nitrogens is 1. The molecule has 0 fully saturated rings. The number of imidazole rings is 1. The van der Waals surface area contributed by atoms with Crippen LogP contribution in [0.25, 0.3) is 11.0 Å². The van der Waals surface area contributed by atoms with Crippen molar-refractivity contribution < 1.29 is 14.3 Å². The molecule has 0 unspecified atom stereocenters. The van der Waals surface area contributed by atoms with Gasteiger partial charge in [0.05, 0.1) is 29.6 Å². The molecule has 0 saturated carbocycles. The number of fused-ring (bicyclic) bond motifs is 1. The summed E-state index contributed by atoms with van der Waals surface area (Å²) in [6, 6.07) is 18.4. The predicted molar refractivity (Wildman–Crippen MR) is 141 cm³/mol. The van der Waals surface area contributed by atoms with Gasteiger partial charge in [0.15, 0.2) is 16.7 Å². The molecule has 180 valence electrons. The largest absolute Gasteiger partial charge is 0.490 e. The highest BCUT2D eigenvalue weighted by molar-refractivity contribution is 7.99. The minimum Gasteiger partial charge on any atom is -0.490 e. The quantitative estimate of drug-likeness (QED) is 0.148. The molecular weight excluding hydrogens is 507 g/mol. The highest BCUT2D eigenvalue weighted by atomic mass is 35.5. The number of rotatable bonds is 10. The lowest BCUT2D eigenvalue weighted by atomic mass is 10.2. The van der Waals surface area contributed by atoms with E-state index in [4.69, 9.17) is 32.7 Å². The first-order chi connectivity index (χ1) is 17.0. The van der Waals surface area contributed by atoms with Gasteiger partial charge in [-0.25, -0.2) is 10.4 Å². The number of aromatic amines is 1. The number of amides is 1. The molecule has 4 aromatic rings. The van der Waals surface area contributed by atoms with Crippen LogP contribution in [0.2, 0.25) is 10.0 Å². The first-order valence-corrected chi connectivity index (χ1v) is 12.5. The van der Waals surface area contributed by atoms with Crippen LogP contribution in [-0.2, 0) is 11.4 Å². The first-order valence-electron chi connectivity index (χ1n) is 10.7. The number of benzene rings is 3. The Bertz CT molecular complexity index is 1330. The Morgan fingerprint density at radius 2 is 1.97 bits per heavy atom. The summed E-state index contributed by atoms with van der Waals surface area (Å²) in [4.78, 5) is 19.8. The summed E-state index contributed by atoms with van der Waals surface area (Å²) in [7, 11) is 0. The lowest BCUT2D eigenvalue weighted by Gasteiger charge is -2.13. The summed E-state index contributed by atoms with van der Waals surface area (Å²) in [5.41, 5.74) is 5.88. The number of carbonyl (C=O) groups is 1. The van der Waals surface area contributed by atoms with Gasteiger partial charge >= 0.3 is 0 Å². The van der Waals surface area contributed by atoms with Gasteiger partial charge in [-0.15, -0.1) is 0 Å². The first kappa shape index (κ1) is 24.9. The van der Waals surface area contributed by atoms with Crippen molar-refractivity contribution in [1.29, 1.82) is 0 Å². The van der Waals surface area contributed by atoms with Crippen LogP contribution in [0.1, 0.15) is 18.1 Å². The van der Waals surface area contributed by atoms with Gasteiger partial charge in [0, 0.05) is 15.6 Å². The number of halogens is 2. The third-order valence-corrected chi connectivity index (χ3v) is 6.24. The summed E-state index contributed by atoms with van der Waals surface area (Å²) in [5, 5.41) is 5.83. The van der Waals surface area contributed by atoms with E-state index in [1.807, 2.05) is 43.3 Å². The molecular formula is C25H22Cl2N4O3S. The molecule has 0 aliphatic carbocycles. The number of hydrogen-bond acceptors (Lipinski definition) is 6. The number of thioether (sulfide) groups is 1. The average Bonchev–Trinajstić information content (AvgIpc) is 3.26. The molecule has 35 heavy (non-hydrogen) atoms. The fourth-order valence-corrected chi connectivity index (χ4v) is 4.27. The fourth-order valence-electron chi connectivity index (χ4n) is 3.13. The lowest BCUT2D eigenvalue weighted by Crippen LogP contribution is -2.19. The highest BCUT2D eigenvalue weighted by Crippen LogP contribution is 2.30. The summed E-state index contributed by atoms with van der Waals surface area (Å²) < 4.78 is 11.6. The van der Waals surface area contributed by atoms with Crippen LogP contribution >= 0.6 is 35.0 Å². The van der Waals surface area contributed by atoms with Crippen molar-refractivity contribution in [2.24, 2.45) is 5.10 Å². The van der Waals surface area contributed by atoms with E-state index < -0.39 is 0 Å². The van der Waals surface area contributed by atoms with Crippen LogP contribution in [0.3, 0.4) is 0 Å². The van der Waals surface area contributed by atoms with Gasteiger partial charge in [0.25, 0.3) is 5.91 Å². The second kappa shape index (κ2) is 12.0.